The molecule has 0 radical (unpaired) electrons. The van der Waals surface area contributed by atoms with E-state index in [1.54, 1.807) is 0 Å². The molecular formula is C22H24O3. The minimum absolute atomic E-state index is 0.108. The summed E-state index contributed by atoms with van der Waals surface area (Å²) in [7, 11) is 0. The zero-order chi connectivity index (χ0) is 18.0. The van der Waals surface area contributed by atoms with E-state index in [1.165, 1.54) is 0 Å². The van der Waals surface area contributed by atoms with Gasteiger partial charge < -0.3 is 14.9 Å². The Kier molecular flexibility index (Phi) is 4.69. The number of fused-ring (bicyclic) bond motifs is 1. The van der Waals surface area contributed by atoms with Gasteiger partial charge in [-0.1, -0.05) is 75.4 Å². The number of aliphatic hydroxyl groups is 1. The lowest BCUT2D eigenvalue weighted by Gasteiger charge is -2.26. The average molecular weight is 336 g/mol. The third kappa shape index (κ3) is 3.62. The van der Waals surface area contributed by atoms with Crippen molar-refractivity contribution in [1.82, 2.24) is 0 Å². The molecule has 3 aromatic carbocycles. The molecule has 2 N–H and O–H groups in total. The van der Waals surface area contributed by atoms with Crippen LogP contribution in [0.2, 0.25) is 0 Å². The Balaban J connectivity index is 2.06. The molecule has 0 spiro atoms. The first kappa shape index (κ1) is 17.3. The Hall–Kier alpha value is -2.52. The third-order valence-corrected chi connectivity index (χ3v) is 4.46. The van der Waals surface area contributed by atoms with Gasteiger partial charge in [0.15, 0.2) is 11.5 Å². The van der Waals surface area contributed by atoms with E-state index in [4.69, 9.17) is 4.74 Å². The van der Waals surface area contributed by atoms with Crippen LogP contribution < -0.4 is 4.74 Å². The van der Waals surface area contributed by atoms with Crippen LogP contribution in [0.3, 0.4) is 0 Å². The van der Waals surface area contributed by atoms with E-state index >= 15 is 0 Å². The lowest BCUT2D eigenvalue weighted by Crippen LogP contribution is -2.31. The van der Waals surface area contributed by atoms with Crippen molar-refractivity contribution in [1.29, 1.82) is 0 Å². The molecule has 3 aromatic rings. The fourth-order valence-electron chi connectivity index (χ4n) is 2.72. The van der Waals surface area contributed by atoms with Gasteiger partial charge in [0.25, 0.3) is 0 Å². The van der Waals surface area contributed by atoms with Gasteiger partial charge in [0, 0.05) is 5.39 Å². The van der Waals surface area contributed by atoms with Gasteiger partial charge in [-0.2, -0.15) is 0 Å². The van der Waals surface area contributed by atoms with Crippen molar-refractivity contribution in [2.45, 2.75) is 26.9 Å². The summed E-state index contributed by atoms with van der Waals surface area (Å²) in [5.74, 6) is 0.497. The van der Waals surface area contributed by atoms with Crippen LogP contribution in [0, 0.1) is 5.41 Å². The number of aliphatic hydroxyl groups excluding tert-OH is 1. The summed E-state index contributed by atoms with van der Waals surface area (Å²) in [5.41, 5.74) is 1.77. The number of benzene rings is 3. The first-order valence-electron chi connectivity index (χ1n) is 8.49. The maximum absolute atomic E-state index is 10.6. The van der Waals surface area contributed by atoms with Crippen LogP contribution in [0.4, 0.5) is 0 Å². The number of phenolic OH excluding ortho intramolecular Hbond substituents is 1. The van der Waals surface area contributed by atoms with Crippen molar-refractivity contribution in [3.63, 3.8) is 0 Å². The summed E-state index contributed by atoms with van der Waals surface area (Å²) in [6, 6.07) is 19.6. The molecule has 3 rings (SSSR count). The van der Waals surface area contributed by atoms with Crippen LogP contribution in [0.25, 0.3) is 21.9 Å². The molecule has 0 saturated heterocycles. The molecule has 0 aliphatic carbocycles. The lowest BCUT2D eigenvalue weighted by molar-refractivity contribution is 0.0212. The molecule has 0 saturated carbocycles. The highest BCUT2D eigenvalue weighted by molar-refractivity contribution is 6.01. The Bertz CT molecular complexity index is 864. The molecule has 0 heterocycles. The van der Waals surface area contributed by atoms with Crippen molar-refractivity contribution in [2.24, 2.45) is 5.41 Å². The second kappa shape index (κ2) is 6.77. The van der Waals surface area contributed by atoms with Crippen LogP contribution in [0.1, 0.15) is 20.8 Å². The van der Waals surface area contributed by atoms with Crippen molar-refractivity contribution >= 4 is 10.8 Å². The summed E-state index contributed by atoms with van der Waals surface area (Å²) in [5, 5.41) is 22.6. The van der Waals surface area contributed by atoms with Gasteiger partial charge in [-0.25, -0.2) is 0 Å². The van der Waals surface area contributed by atoms with E-state index < -0.39 is 6.10 Å². The summed E-state index contributed by atoms with van der Waals surface area (Å²) < 4.78 is 5.80. The van der Waals surface area contributed by atoms with Crippen molar-refractivity contribution in [3.05, 3.63) is 60.7 Å². The summed E-state index contributed by atoms with van der Waals surface area (Å²) >= 11 is 0. The number of aromatic hydroxyl groups is 1. The van der Waals surface area contributed by atoms with Gasteiger partial charge in [0.2, 0.25) is 0 Å². The predicted molar refractivity (Wildman–Crippen MR) is 102 cm³/mol. The van der Waals surface area contributed by atoms with Crippen LogP contribution in [0.15, 0.2) is 60.7 Å². The van der Waals surface area contributed by atoms with Crippen molar-refractivity contribution in [2.75, 3.05) is 6.61 Å². The zero-order valence-corrected chi connectivity index (χ0v) is 14.9. The maximum Gasteiger partial charge on any atom is 0.165 e. The quantitative estimate of drug-likeness (QED) is 0.705. The van der Waals surface area contributed by atoms with E-state index in [2.05, 4.69) is 0 Å². The van der Waals surface area contributed by atoms with Gasteiger partial charge >= 0.3 is 0 Å². The Morgan fingerprint density at radius 3 is 2.16 bits per heavy atom. The van der Waals surface area contributed by atoms with E-state index in [9.17, 15) is 10.2 Å². The molecule has 0 fully saturated rings. The maximum atomic E-state index is 10.6. The second-order valence-corrected chi connectivity index (χ2v) is 7.38. The fraction of sp³-hybridized carbons (Fsp3) is 0.273. The van der Waals surface area contributed by atoms with Crippen LogP contribution in [-0.2, 0) is 0 Å². The molecule has 130 valence electrons. The van der Waals surface area contributed by atoms with Crippen LogP contribution in [-0.4, -0.2) is 22.9 Å². The van der Waals surface area contributed by atoms with Gasteiger partial charge in [-0.3, -0.25) is 0 Å². The summed E-state index contributed by atoms with van der Waals surface area (Å²) in [6.07, 6.45) is -0.626. The number of ether oxygens (including phenoxy) is 1. The van der Waals surface area contributed by atoms with Gasteiger partial charge in [0.05, 0.1) is 6.10 Å². The number of phenols is 1. The molecule has 0 bridgehead atoms. The molecule has 25 heavy (non-hydrogen) atoms. The van der Waals surface area contributed by atoms with Gasteiger partial charge in [-0.05, 0) is 28.0 Å². The highest BCUT2D eigenvalue weighted by atomic mass is 16.5. The standard InChI is InChI=1S/C22H24O3/c1-22(2,3)20(23)14-25-19-13-18(15-9-5-4-6-10-15)16-11-7-8-12-17(16)21(19)24/h4-13,20,23-24H,14H2,1-3H3. The van der Waals surface area contributed by atoms with Gasteiger partial charge in [0.1, 0.15) is 6.61 Å². The SMILES string of the molecule is CC(C)(C)C(O)COc1cc(-c2ccccc2)c2ccccc2c1O. The molecule has 3 heteroatoms. The van der Waals surface area contributed by atoms with Crippen molar-refractivity contribution < 1.29 is 14.9 Å². The summed E-state index contributed by atoms with van der Waals surface area (Å²) in [4.78, 5) is 0. The van der Waals surface area contributed by atoms with E-state index in [-0.39, 0.29) is 17.8 Å². The number of hydrogen-bond donors (Lipinski definition) is 2. The Labute approximate surface area is 148 Å². The highest BCUT2D eigenvalue weighted by Crippen LogP contribution is 2.41. The Morgan fingerprint density at radius 1 is 0.920 bits per heavy atom. The molecule has 0 amide bonds. The first-order chi connectivity index (χ1) is 11.9. The largest absolute Gasteiger partial charge is 0.504 e. The zero-order valence-electron chi connectivity index (χ0n) is 14.9. The first-order valence-corrected chi connectivity index (χ1v) is 8.49. The van der Waals surface area contributed by atoms with Gasteiger partial charge in [-0.15, -0.1) is 0 Å². The lowest BCUT2D eigenvalue weighted by atomic mass is 9.90. The topological polar surface area (TPSA) is 49.7 Å². The molecule has 3 nitrogen and oxygen atoms in total. The van der Waals surface area contributed by atoms with E-state index in [1.807, 2.05) is 81.4 Å². The smallest absolute Gasteiger partial charge is 0.165 e. The van der Waals surface area contributed by atoms with Crippen LogP contribution >= 0.6 is 0 Å². The molecule has 0 aliphatic heterocycles. The molecule has 1 atom stereocenters. The minimum Gasteiger partial charge on any atom is -0.504 e. The molecule has 0 aromatic heterocycles. The fourth-order valence-corrected chi connectivity index (χ4v) is 2.72. The number of hydrogen-bond acceptors (Lipinski definition) is 3. The molecular weight excluding hydrogens is 312 g/mol. The highest BCUT2D eigenvalue weighted by Gasteiger charge is 2.23. The van der Waals surface area contributed by atoms with Crippen molar-refractivity contribution in [3.8, 4) is 22.6 Å². The van der Waals surface area contributed by atoms with E-state index in [0.29, 0.717) is 5.75 Å². The average Bonchev–Trinajstić information content (AvgIpc) is 2.61. The van der Waals surface area contributed by atoms with E-state index in [0.717, 1.165) is 21.9 Å². The minimum atomic E-state index is -0.626. The second-order valence-electron chi connectivity index (χ2n) is 7.38. The third-order valence-electron chi connectivity index (χ3n) is 4.46. The number of rotatable bonds is 4. The molecule has 1 unspecified atom stereocenters. The van der Waals surface area contributed by atoms with Crippen LogP contribution in [0.5, 0.6) is 11.5 Å². The predicted octanol–water partition coefficient (Wildman–Crippen LogP) is 5.00. The molecule has 0 aliphatic rings. The summed E-state index contributed by atoms with van der Waals surface area (Å²) in [6.45, 7) is 5.99. The Morgan fingerprint density at radius 2 is 1.52 bits per heavy atom. The monoisotopic (exact) mass is 336 g/mol. The normalized spacial score (nSPS) is 13.0.